The summed E-state index contributed by atoms with van der Waals surface area (Å²) in [5, 5.41) is 3.09. The first-order valence-corrected chi connectivity index (χ1v) is 5.03. The second kappa shape index (κ2) is 4.30. The summed E-state index contributed by atoms with van der Waals surface area (Å²) in [5.74, 6) is 0.901. The predicted octanol–water partition coefficient (Wildman–Crippen LogP) is 2.13. The maximum Gasteiger partial charge on any atom is 0.214 e. The Morgan fingerprint density at radius 3 is 2.88 bits per heavy atom. The van der Waals surface area contributed by atoms with Crippen LogP contribution in [0.2, 0.25) is 0 Å². The van der Waals surface area contributed by atoms with Gasteiger partial charge in [-0.15, -0.1) is 0 Å². The highest BCUT2D eigenvalue weighted by molar-refractivity contribution is 5.35. The van der Waals surface area contributed by atoms with Gasteiger partial charge in [0.2, 0.25) is 5.95 Å². The SMILES string of the molecule is CC(Nc1cccc(F)n1)c1nccn1C. The van der Waals surface area contributed by atoms with E-state index in [1.807, 2.05) is 24.7 Å². The molecule has 0 aromatic carbocycles. The number of hydrogen-bond donors (Lipinski definition) is 1. The molecule has 1 N–H and O–H groups in total. The van der Waals surface area contributed by atoms with Crippen molar-refractivity contribution in [2.45, 2.75) is 13.0 Å². The molecule has 0 aliphatic heterocycles. The zero-order valence-electron chi connectivity index (χ0n) is 9.18. The molecule has 0 amide bonds. The first kappa shape index (κ1) is 10.6. The number of aromatic nitrogens is 3. The average molecular weight is 220 g/mol. The van der Waals surface area contributed by atoms with Crippen molar-refractivity contribution in [3.8, 4) is 0 Å². The molecule has 0 saturated carbocycles. The van der Waals surface area contributed by atoms with Crippen molar-refractivity contribution in [2.24, 2.45) is 7.05 Å². The Hall–Kier alpha value is -1.91. The maximum atomic E-state index is 12.9. The highest BCUT2D eigenvalue weighted by Gasteiger charge is 2.10. The number of halogens is 1. The number of nitrogens with one attached hydrogen (secondary N) is 1. The zero-order valence-corrected chi connectivity index (χ0v) is 9.18. The Bertz CT molecular complexity index is 480. The highest BCUT2D eigenvalue weighted by Crippen LogP contribution is 2.15. The van der Waals surface area contributed by atoms with Crippen LogP contribution in [0.5, 0.6) is 0 Å². The van der Waals surface area contributed by atoms with E-state index < -0.39 is 5.95 Å². The van der Waals surface area contributed by atoms with Crippen LogP contribution in [0.15, 0.2) is 30.6 Å². The molecule has 16 heavy (non-hydrogen) atoms. The van der Waals surface area contributed by atoms with Crippen molar-refractivity contribution < 1.29 is 4.39 Å². The minimum absolute atomic E-state index is 0.0192. The Kier molecular flexibility index (Phi) is 2.85. The third-order valence-electron chi connectivity index (χ3n) is 2.33. The standard InChI is InChI=1S/C11H13FN4/c1-8(11-13-6-7-16(11)2)14-10-5-3-4-9(12)15-10/h3-8H,1-2H3,(H,14,15). The van der Waals surface area contributed by atoms with Gasteiger partial charge in [0.05, 0.1) is 6.04 Å². The minimum Gasteiger partial charge on any atom is -0.360 e. The van der Waals surface area contributed by atoms with E-state index in [1.165, 1.54) is 6.07 Å². The number of aryl methyl sites for hydroxylation is 1. The third kappa shape index (κ3) is 2.18. The van der Waals surface area contributed by atoms with Crippen LogP contribution >= 0.6 is 0 Å². The molecule has 0 aliphatic rings. The van der Waals surface area contributed by atoms with E-state index in [4.69, 9.17) is 0 Å². The lowest BCUT2D eigenvalue weighted by Crippen LogP contribution is -2.12. The van der Waals surface area contributed by atoms with Crippen molar-refractivity contribution in [1.82, 2.24) is 14.5 Å². The summed E-state index contributed by atoms with van der Waals surface area (Å²) in [6.07, 6.45) is 3.60. The fourth-order valence-corrected chi connectivity index (χ4v) is 1.57. The molecule has 2 heterocycles. The molecule has 5 heteroatoms. The van der Waals surface area contributed by atoms with Gasteiger partial charge in [-0.2, -0.15) is 4.39 Å². The van der Waals surface area contributed by atoms with E-state index in [0.717, 1.165) is 5.82 Å². The monoisotopic (exact) mass is 220 g/mol. The lowest BCUT2D eigenvalue weighted by Gasteiger charge is -2.14. The number of hydrogen-bond acceptors (Lipinski definition) is 3. The molecule has 0 spiro atoms. The van der Waals surface area contributed by atoms with E-state index in [2.05, 4.69) is 15.3 Å². The van der Waals surface area contributed by atoms with Crippen molar-refractivity contribution in [3.05, 3.63) is 42.4 Å². The fourth-order valence-electron chi connectivity index (χ4n) is 1.57. The number of pyridine rings is 1. The minimum atomic E-state index is -0.489. The third-order valence-corrected chi connectivity index (χ3v) is 2.33. The Morgan fingerprint density at radius 1 is 1.44 bits per heavy atom. The summed E-state index contributed by atoms with van der Waals surface area (Å²) in [7, 11) is 1.92. The van der Waals surface area contributed by atoms with Crippen LogP contribution < -0.4 is 5.32 Å². The molecule has 2 aromatic heterocycles. The van der Waals surface area contributed by atoms with Crippen LogP contribution in [-0.4, -0.2) is 14.5 Å². The Labute approximate surface area is 93.2 Å². The molecule has 0 radical (unpaired) electrons. The largest absolute Gasteiger partial charge is 0.360 e. The van der Waals surface area contributed by atoms with Crippen LogP contribution in [0.3, 0.4) is 0 Å². The predicted molar refractivity (Wildman–Crippen MR) is 59.4 cm³/mol. The maximum absolute atomic E-state index is 12.9. The first-order valence-electron chi connectivity index (χ1n) is 5.03. The molecule has 84 valence electrons. The summed E-state index contributed by atoms with van der Waals surface area (Å²) in [6, 6.07) is 4.64. The fraction of sp³-hybridized carbons (Fsp3) is 0.273. The van der Waals surface area contributed by atoms with Gasteiger partial charge in [-0.3, -0.25) is 0 Å². The number of nitrogens with zero attached hydrogens (tertiary/aromatic N) is 3. The van der Waals surface area contributed by atoms with E-state index >= 15 is 0 Å². The van der Waals surface area contributed by atoms with Crippen LogP contribution in [-0.2, 0) is 7.05 Å². The van der Waals surface area contributed by atoms with Crippen LogP contribution in [0.25, 0.3) is 0 Å². The molecule has 0 bridgehead atoms. The molecular weight excluding hydrogens is 207 g/mol. The molecule has 2 aromatic rings. The van der Waals surface area contributed by atoms with E-state index in [9.17, 15) is 4.39 Å². The summed E-state index contributed by atoms with van der Waals surface area (Å²) in [5.41, 5.74) is 0. The zero-order chi connectivity index (χ0) is 11.5. The molecular formula is C11H13FN4. The molecule has 2 rings (SSSR count). The molecule has 1 atom stereocenters. The second-order valence-electron chi connectivity index (χ2n) is 3.61. The van der Waals surface area contributed by atoms with Crippen LogP contribution in [0, 0.1) is 5.95 Å². The van der Waals surface area contributed by atoms with Crippen LogP contribution in [0.1, 0.15) is 18.8 Å². The van der Waals surface area contributed by atoms with Gasteiger partial charge < -0.3 is 9.88 Å². The highest BCUT2D eigenvalue weighted by atomic mass is 19.1. The number of anilines is 1. The molecule has 0 fully saturated rings. The molecule has 0 saturated heterocycles. The first-order chi connectivity index (χ1) is 7.66. The summed E-state index contributed by atoms with van der Waals surface area (Å²) in [6.45, 7) is 1.95. The Balaban J connectivity index is 2.14. The smallest absolute Gasteiger partial charge is 0.214 e. The molecule has 0 aliphatic carbocycles. The topological polar surface area (TPSA) is 42.7 Å². The average Bonchev–Trinajstić information content (AvgIpc) is 2.64. The summed E-state index contributed by atoms with van der Waals surface area (Å²) < 4.78 is 14.8. The van der Waals surface area contributed by atoms with Gasteiger partial charge in [-0.05, 0) is 19.1 Å². The van der Waals surface area contributed by atoms with Crippen molar-refractivity contribution >= 4 is 5.82 Å². The lowest BCUT2D eigenvalue weighted by molar-refractivity contribution is 0.583. The van der Waals surface area contributed by atoms with Gasteiger partial charge in [-0.1, -0.05) is 6.07 Å². The van der Waals surface area contributed by atoms with Gasteiger partial charge in [-0.25, -0.2) is 9.97 Å². The van der Waals surface area contributed by atoms with E-state index in [-0.39, 0.29) is 6.04 Å². The van der Waals surface area contributed by atoms with Gasteiger partial charge in [0, 0.05) is 19.4 Å². The van der Waals surface area contributed by atoms with E-state index in [0.29, 0.717) is 5.82 Å². The Morgan fingerprint density at radius 2 is 2.25 bits per heavy atom. The second-order valence-corrected chi connectivity index (χ2v) is 3.61. The van der Waals surface area contributed by atoms with Crippen molar-refractivity contribution in [3.63, 3.8) is 0 Å². The van der Waals surface area contributed by atoms with Crippen molar-refractivity contribution in [1.29, 1.82) is 0 Å². The van der Waals surface area contributed by atoms with Crippen molar-refractivity contribution in [2.75, 3.05) is 5.32 Å². The molecule has 1 unspecified atom stereocenters. The number of imidazole rings is 1. The summed E-state index contributed by atoms with van der Waals surface area (Å²) >= 11 is 0. The van der Waals surface area contributed by atoms with Gasteiger partial charge in [0.1, 0.15) is 11.6 Å². The molecule has 4 nitrogen and oxygen atoms in total. The van der Waals surface area contributed by atoms with Gasteiger partial charge in [0.25, 0.3) is 0 Å². The van der Waals surface area contributed by atoms with Gasteiger partial charge >= 0.3 is 0 Å². The van der Waals surface area contributed by atoms with Gasteiger partial charge in [0.15, 0.2) is 0 Å². The normalized spacial score (nSPS) is 12.4. The van der Waals surface area contributed by atoms with E-state index in [1.54, 1.807) is 18.3 Å². The summed E-state index contributed by atoms with van der Waals surface area (Å²) in [4.78, 5) is 7.95. The lowest BCUT2D eigenvalue weighted by atomic mass is 10.3. The number of rotatable bonds is 3. The van der Waals surface area contributed by atoms with Crippen LogP contribution in [0.4, 0.5) is 10.2 Å². The quantitative estimate of drug-likeness (QED) is 0.806.